The highest BCUT2D eigenvalue weighted by atomic mass is 32.2. The van der Waals surface area contributed by atoms with E-state index in [9.17, 15) is 13.2 Å². The Balaban J connectivity index is 1.65. The molecule has 3 rings (SSSR count). The predicted molar refractivity (Wildman–Crippen MR) is 100 cm³/mol. The molecule has 1 aromatic carbocycles. The fraction of sp³-hybridized carbons (Fsp3) is 0.444. The first-order valence-corrected chi connectivity index (χ1v) is 10.3. The van der Waals surface area contributed by atoms with E-state index >= 15 is 0 Å². The zero-order chi connectivity index (χ0) is 19.6. The Morgan fingerprint density at radius 3 is 2.30 bits per heavy atom. The molecule has 0 unspecified atom stereocenters. The predicted octanol–water partition coefficient (Wildman–Crippen LogP) is 1.65. The number of H-pyrrole nitrogens is 1. The molecule has 9 heteroatoms. The van der Waals surface area contributed by atoms with E-state index in [-0.39, 0.29) is 30.0 Å². The first-order valence-electron chi connectivity index (χ1n) is 8.85. The smallest absolute Gasteiger partial charge is 0.274 e. The summed E-state index contributed by atoms with van der Waals surface area (Å²) in [6.45, 7) is 6.82. The van der Waals surface area contributed by atoms with Crippen LogP contribution in [0.15, 0.2) is 35.2 Å². The molecule has 1 aromatic heterocycles. The average Bonchev–Trinajstić information content (AvgIpc) is 3.07. The van der Waals surface area contributed by atoms with Gasteiger partial charge >= 0.3 is 0 Å². The quantitative estimate of drug-likeness (QED) is 0.835. The lowest BCUT2D eigenvalue weighted by molar-refractivity contribution is 0.0692. The maximum atomic E-state index is 12.8. The Kier molecular flexibility index (Phi) is 5.52. The molecule has 27 heavy (non-hydrogen) atoms. The van der Waals surface area contributed by atoms with E-state index in [1.54, 1.807) is 35.2 Å². The van der Waals surface area contributed by atoms with Crippen LogP contribution in [-0.2, 0) is 10.0 Å². The van der Waals surface area contributed by atoms with Crippen molar-refractivity contribution in [1.29, 1.82) is 0 Å². The van der Waals surface area contributed by atoms with Crippen LogP contribution in [0.3, 0.4) is 0 Å². The maximum absolute atomic E-state index is 12.8. The van der Waals surface area contributed by atoms with Gasteiger partial charge in [0, 0.05) is 31.9 Å². The number of nitrogens with zero attached hydrogens (tertiary/aromatic N) is 3. The van der Waals surface area contributed by atoms with Crippen molar-refractivity contribution in [1.82, 2.24) is 19.4 Å². The van der Waals surface area contributed by atoms with Gasteiger partial charge in [-0.2, -0.15) is 9.40 Å². The second kappa shape index (κ2) is 7.69. The summed E-state index contributed by atoms with van der Waals surface area (Å²) >= 11 is 0. The van der Waals surface area contributed by atoms with Gasteiger partial charge in [0.1, 0.15) is 11.4 Å². The van der Waals surface area contributed by atoms with E-state index in [0.29, 0.717) is 24.5 Å². The number of amides is 1. The molecule has 2 aromatic rings. The lowest BCUT2D eigenvalue weighted by atomic mass is 10.3. The summed E-state index contributed by atoms with van der Waals surface area (Å²) < 4.78 is 32.6. The van der Waals surface area contributed by atoms with Crippen LogP contribution in [-0.4, -0.2) is 66.0 Å². The van der Waals surface area contributed by atoms with Crippen LogP contribution in [0.5, 0.6) is 5.75 Å². The number of ether oxygens (including phenoxy) is 1. The zero-order valence-corrected chi connectivity index (χ0v) is 16.5. The number of aryl methyl sites for hydroxylation is 1. The molecule has 1 aliphatic rings. The highest BCUT2D eigenvalue weighted by Crippen LogP contribution is 2.22. The number of hydrogen-bond donors (Lipinski definition) is 1. The van der Waals surface area contributed by atoms with E-state index in [0.717, 1.165) is 5.69 Å². The molecule has 0 bridgehead atoms. The summed E-state index contributed by atoms with van der Waals surface area (Å²) in [5.74, 6) is 0.445. The molecule has 1 amide bonds. The molecule has 146 valence electrons. The lowest BCUT2D eigenvalue weighted by Crippen LogP contribution is -2.50. The molecule has 8 nitrogen and oxygen atoms in total. The van der Waals surface area contributed by atoms with E-state index in [2.05, 4.69) is 10.2 Å². The first-order chi connectivity index (χ1) is 12.8. The van der Waals surface area contributed by atoms with Gasteiger partial charge in [-0.3, -0.25) is 9.89 Å². The normalized spacial score (nSPS) is 15.9. The Morgan fingerprint density at radius 2 is 1.78 bits per heavy atom. The van der Waals surface area contributed by atoms with Gasteiger partial charge in [-0.25, -0.2) is 8.42 Å². The first kappa shape index (κ1) is 19.4. The molecule has 0 radical (unpaired) electrons. The van der Waals surface area contributed by atoms with Crippen LogP contribution in [0.25, 0.3) is 0 Å². The molecule has 0 atom stereocenters. The third-order valence-electron chi connectivity index (χ3n) is 4.28. The SMILES string of the molecule is Cc1cc(C(=O)N2CCN(S(=O)(=O)c3ccc(OC(C)C)cc3)CC2)n[nH]1. The number of carbonyl (C=O) groups is 1. The van der Waals surface area contributed by atoms with Crippen molar-refractivity contribution < 1.29 is 17.9 Å². The third-order valence-corrected chi connectivity index (χ3v) is 6.20. The number of aromatic nitrogens is 2. The fourth-order valence-electron chi connectivity index (χ4n) is 2.93. The second-order valence-electron chi connectivity index (χ2n) is 6.77. The fourth-order valence-corrected chi connectivity index (χ4v) is 4.35. The summed E-state index contributed by atoms with van der Waals surface area (Å²) in [6, 6.07) is 8.11. The van der Waals surface area contributed by atoms with Crippen molar-refractivity contribution in [3.63, 3.8) is 0 Å². The Morgan fingerprint density at radius 1 is 1.15 bits per heavy atom. The number of sulfonamides is 1. The summed E-state index contributed by atoms with van der Waals surface area (Å²) in [5, 5.41) is 6.72. The average molecular weight is 392 g/mol. The summed E-state index contributed by atoms with van der Waals surface area (Å²) in [4.78, 5) is 14.3. The van der Waals surface area contributed by atoms with Gasteiger partial charge in [0.15, 0.2) is 0 Å². The summed E-state index contributed by atoms with van der Waals surface area (Å²) in [5.41, 5.74) is 1.16. The highest BCUT2D eigenvalue weighted by molar-refractivity contribution is 7.89. The maximum Gasteiger partial charge on any atom is 0.274 e. The van der Waals surface area contributed by atoms with Crippen molar-refractivity contribution >= 4 is 15.9 Å². The van der Waals surface area contributed by atoms with Gasteiger partial charge < -0.3 is 9.64 Å². The van der Waals surface area contributed by atoms with Crippen molar-refractivity contribution in [3.8, 4) is 5.75 Å². The van der Waals surface area contributed by atoms with Crippen molar-refractivity contribution in [2.75, 3.05) is 26.2 Å². The molecule has 1 saturated heterocycles. The van der Waals surface area contributed by atoms with Gasteiger partial charge in [0.25, 0.3) is 5.91 Å². The van der Waals surface area contributed by atoms with Crippen molar-refractivity contribution in [3.05, 3.63) is 41.7 Å². The van der Waals surface area contributed by atoms with Gasteiger partial charge in [0.2, 0.25) is 10.0 Å². The van der Waals surface area contributed by atoms with Crippen molar-refractivity contribution in [2.45, 2.75) is 31.8 Å². The number of carbonyl (C=O) groups excluding carboxylic acids is 1. The molecule has 1 aliphatic heterocycles. The number of rotatable bonds is 5. The number of benzene rings is 1. The minimum absolute atomic E-state index is 0.0244. The Labute approximate surface area is 159 Å². The monoisotopic (exact) mass is 392 g/mol. The van der Waals surface area contributed by atoms with Crippen LogP contribution in [0.4, 0.5) is 0 Å². The number of aromatic amines is 1. The minimum atomic E-state index is -3.60. The number of nitrogens with one attached hydrogen (secondary N) is 1. The van der Waals surface area contributed by atoms with Crippen LogP contribution < -0.4 is 4.74 Å². The zero-order valence-electron chi connectivity index (χ0n) is 15.7. The number of piperazine rings is 1. The van der Waals surface area contributed by atoms with E-state index in [1.165, 1.54) is 4.31 Å². The Bertz CT molecular complexity index is 898. The van der Waals surface area contributed by atoms with Gasteiger partial charge in [-0.1, -0.05) is 0 Å². The van der Waals surface area contributed by atoms with Crippen LogP contribution in [0, 0.1) is 6.92 Å². The topological polar surface area (TPSA) is 95.6 Å². The van der Waals surface area contributed by atoms with Crippen LogP contribution >= 0.6 is 0 Å². The molecule has 1 fully saturated rings. The molecule has 2 heterocycles. The van der Waals surface area contributed by atoms with E-state index in [1.807, 2.05) is 20.8 Å². The summed E-state index contributed by atoms with van der Waals surface area (Å²) in [6.07, 6.45) is 0.0244. The van der Waals surface area contributed by atoms with E-state index in [4.69, 9.17) is 4.74 Å². The van der Waals surface area contributed by atoms with Crippen molar-refractivity contribution in [2.24, 2.45) is 0 Å². The highest BCUT2D eigenvalue weighted by Gasteiger charge is 2.31. The third kappa shape index (κ3) is 4.30. The minimum Gasteiger partial charge on any atom is -0.491 e. The number of hydrogen-bond acceptors (Lipinski definition) is 5. The lowest BCUT2D eigenvalue weighted by Gasteiger charge is -2.33. The molecule has 0 spiro atoms. The van der Waals surface area contributed by atoms with E-state index < -0.39 is 10.0 Å². The van der Waals surface area contributed by atoms with Gasteiger partial charge in [-0.15, -0.1) is 0 Å². The molecule has 0 saturated carbocycles. The second-order valence-corrected chi connectivity index (χ2v) is 8.71. The van der Waals surface area contributed by atoms with Crippen LogP contribution in [0.2, 0.25) is 0 Å². The van der Waals surface area contributed by atoms with Gasteiger partial charge in [0.05, 0.1) is 11.0 Å². The molecule has 1 N–H and O–H groups in total. The van der Waals surface area contributed by atoms with Crippen LogP contribution in [0.1, 0.15) is 30.0 Å². The largest absolute Gasteiger partial charge is 0.491 e. The molecular formula is C18H24N4O4S. The summed E-state index contributed by atoms with van der Waals surface area (Å²) in [7, 11) is -3.60. The Hall–Kier alpha value is -2.39. The molecular weight excluding hydrogens is 368 g/mol. The molecule has 0 aliphatic carbocycles. The van der Waals surface area contributed by atoms with Gasteiger partial charge in [-0.05, 0) is 51.1 Å². The standard InChI is InChI=1S/C18H24N4O4S/c1-13(2)26-15-4-6-16(7-5-15)27(24,25)22-10-8-21(9-11-22)18(23)17-12-14(3)19-20-17/h4-7,12-13H,8-11H2,1-3H3,(H,19,20).